The molecule has 0 aliphatic carbocycles. The van der Waals surface area contributed by atoms with Crippen LogP contribution in [-0.2, 0) is 0 Å². The molecule has 2 heterocycles. The van der Waals surface area contributed by atoms with Crippen molar-refractivity contribution in [2.24, 2.45) is 11.7 Å². The third kappa shape index (κ3) is 1.86. The number of nitrogens with zero attached hydrogens (tertiary/aromatic N) is 1. The third-order valence-corrected chi connectivity index (χ3v) is 3.72. The lowest BCUT2D eigenvalue weighted by Crippen LogP contribution is -2.21. The zero-order valence-corrected chi connectivity index (χ0v) is 8.81. The van der Waals surface area contributed by atoms with Crippen LogP contribution in [0.25, 0.3) is 0 Å². The number of hydrogen-bond donors (Lipinski definition) is 1. The summed E-state index contributed by atoms with van der Waals surface area (Å²) in [6, 6.07) is 4.41. The largest absolute Gasteiger partial charge is 0.363 e. The number of anilines is 1. The van der Waals surface area contributed by atoms with Gasteiger partial charge in [-0.3, -0.25) is 0 Å². The molecule has 13 heavy (non-hydrogen) atoms. The lowest BCUT2D eigenvalue weighted by molar-refractivity contribution is 0.603. The van der Waals surface area contributed by atoms with E-state index in [2.05, 4.69) is 24.0 Å². The predicted octanol–water partition coefficient (Wildman–Crippen LogP) is 1.84. The topological polar surface area (TPSA) is 29.3 Å². The molecule has 0 radical (unpaired) electrons. The van der Waals surface area contributed by atoms with Crippen LogP contribution < -0.4 is 10.6 Å². The molecule has 0 spiro atoms. The molecule has 1 aliphatic rings. The Hall–Kier alpha value is -0.540. The molecular weight excluding hydrogens is 180 g/mol. The van der Waals surface area contributed by atoms with Crippen molar-refractivity contribution < 1.29 is 0 Å². The summed E-state index contributed by atoms with van der Waals surface area (Å²) in [7, 11) is 0. The van der Waals surface area contributed by atoms with Gasteiger partial charge < -0.3 is 10.6 Å². The molecule has 1 saturated heterocycles. The summed E-state index contributed by atoms with van der Waals surface area (Å²) in [6.45, 7) is 5.32. The molecule has 0 bridgehead atoms. The van der Waals surface area contributed by atoms with Gasteiger partial charge in [0, 0.05) is 18.0 Å². The lowest BCUT2D eigenvalue weighted by atomic mass is 10.1. The second-order valence-electron chi connectivity index (χ2n) is 3.72. The molecule has 1 unspecified atom stereocenters. The lowest BCUT2D eigenvalue weighted by Gasteiger charge is -2.15. The van der Waals surface area contributed by atoms with E-state index in [1.807, 2.05) is 11.3 Å². The number of hydrogen-bond acceptors (Lipinski definition) is 3. The highest BCUT2D eigenvalue weighted by Gasteiger charge is 2.21. The maximum Gasteiger partial charge on any atom is 0.0911 e. The van der Waals surface area contributed by atoms with Gasteiger partial charge in [0.1, 0.15) is 0 Å². The number of thiophene rings is 1. The van der Waals surface area contributed by atoms with E-state index >= 15 is 0 Å². The summed E-state index contributed by atoms with van der Waals surface area (Å²) < 4.78 is 0. The Morgan fingerprint density at radius 3 is 3.00 bits per heavy atom. The van der Waals surface area contributed by atoms with Gasteiger partial charge in [0.15, 0.2) is 0 Å². The van der Waals surface area contributed by atoms with Crippen molar-refractivity contribution in [2.75, 3.05) is 24.5 Å². The minimum Gasteiger partial charge on any atom is -0.363 e. The first-order chi connectivity index (χ1) is 6.29. The summed E-state index contributed by atoms with van der Waals surface area (Å²) in [5.41, 5.74) is 5.66. The molecule has 1 aromatic heterocycles. The molecule has 0 saturated carbocycles. The maximum atomic E-state index is 5.66. The van der Waals surface area contributed by atoms with Gasteiger partial charge in [-0.1, -0.05) is 0 Å². The highest BCUT2D eigenvalue weighted by molar-refractivity contribution is 7.16. The van der Waals surface area contributed by atoms with E-state index in [9.17, 15) is 0 Å². The second-order valence-corrected chi connectivity index (χ2v) is 4.99. The van der Waals surface area contributed by atoms with Crippen molar-refractivity contribution in [1.82, 2.24) is 0 Å². The zero-order chi connectivity index (χ0) is 9.26. The van der Waals surface area contributed by atoms with Crippen LogP contribution in [0.4, 0.5) is 5.00 Å². The van der Waals surface area contributed by atoms with Crippen LogP contribution in [0.15, 0.2) is 12.1 Å². The Morgan fingerprint density at radius 1 is 1.62 bits per heavy atom. The van der Waals surface area contributed by atoms with Crippen molar-refractivity contribution >= 4 is 16.3 Å². The van der Waals surface area contributed by atoms with E-state index in [0.29, 0.717) is 5.92 Å². The van der Waals surface area contributed by atoms with E-state index in [0.717, 1.165) is 13.1 Å². The molecule has 72 valence electrons. The van der Waals surface area contributed by atoms with Crippen molar-refractivity contribution in [2.45, 2.75) is 13.3 Å². The highest BCUT2D eigenvalue weighted by Crippen LogP contribution is 2.29. The summed E-state index contributed by atoms with van der Waals surface area (Å²) in [5, 5.41) is 1.41. The molecular formula is C10H16N2S. The average Bonchev–Trinajstić information content (AvgIpc) is 2.71. The van der Waals surface area contributed by atoms with Gasteiger partial charge in [0.2, 0.25) is 0 Å². The first-order valence-corrected chi connectivity index (χ1v) is 5.62. The Morgan fingerprint density at radius 2 is 2.46 bits per heavy atom. The van der Waals surface area contributed by atoms with Crippen molar-refractivity contribution in [3.63, 3.8) is 0 Å². The molecule has 2 nitrogen and oxygen atoms in total. The quantitative estimate of drug-likeness (QED) is 0.782. The van der Waals surface area contributed by atoms with E-state index in [-0.39, 0.29) is 0 Å². The summed E-state index contributed by atoms with van der Waals surface area (Å²) in [6.07, 6.45) is 1.26. The molecule has 1 aliphatic heterocycles. The zero-order valence-electron chi connectivity index (χ0n) is 7.99. The Kier molecular flexibility index (Phi) is 2.56. The van der Waals surface area contributed by atoms with E-state index < -0.39 is 0 Å². The Bertz CT molecular complexity index is 282. The number of rotatable bonds is 2. The monoisotopic (exact) mass is 196 g/mol. The fourth-order valence-electron chi connectivity index (χ4n) is 1.82. The Balaban J connectivity index is 2.03. The van der Waals surface area contributed by atoms with Crippen molar-refractivity contribution in [3.8, 4) is 0 Å². The van der Waals surface area contributed by atoms with Crippen molar-refractivity contribution in [1.29, 1.82) is 0 Å². The minimum absolute atomic E-state index is 0.711. The summed E-state index contributed by atoms with van der Waals surface area (Å²) in [5.74, 6) is 0.711. The third-order valence-electron chi connectivity index (χ3n) is 2.66. The summed E-state index contributed by atoms with van der Waals surface area (Å²) in [4.78, 5) is 3.85. The van der Waals surface area contributed by atoms with Gasteiger partial charge in [-0.05, 0) is 37.9 Å². The highest BCUT2D eigenvalue weighted by atomic mass is 32.1. The van der Waals surface area contributed by atoms with Crippen LogP contribution in [0.3, 0.4) is 0 Å². The van der Waals surface area contributed by atoms with E-state index in [4.69, 9.17) is 5.73 Å². The van der Waals surface area contributed by atoms with Crippen LogP contribution in [0.1, 0.15) is 11.3 Å². The Labute approximate surface area is 83.4 Å². The fourth-order valence-corrected chi connectivity index (χ4v) is 2.71. The van der Waals surface area contributed by atoms with Crippen molar-refractivity contribution in [3.05, 3.63) is 17.0 Å². The van der Waals surface area contributed by atoms with Gasteiger partial charge in [-0.25, -0.2) is 0 Å². The SMILES string of the molecule is Cc1ccc(N2CCC(CN)C2)s1. The van der Waals surface area contributed by atoms with Crippen LogP contribution >= 0.6 is 11.3 Å². The first-order valence-electron chi connectivity index (χ1n) is 4.81. The molecule has 2 rings (SSSR count). The molecule has 0 aromatic carbocycles. The molecule has 0 amide bonds. The van der Waals surface area contributed by atoms with Gasteiger partial charge in [-0.2, -0.15) is 0 Å². The smallest absolute Gasteiger partial charge is 0.0911 e. The fraction of sp³-hybridized carbons (Fsp3) is 0.600. The van der Waals surface area contributed by atoms with E-state index in [1.54, 1.807) is 0 Å². The minimum atomic E-state index is 0.711. The second kappa shape index (κ2) is 3.68. The summed E-state index contributed by atoms with van der Waals surface area (Å²) >= 11 is 1.88. The van der Waals surface area contributed by atoms with E-state index in [1.165, 1.54) is 22.8 Å². The first kappa shape index (κ1) is 9.03. The molecule has 1 fully saturated rings. The molecule has 1 atom stereocenters. The molecule has 2 N–H and O–H groups in total. The number of nitrogens with two attached hydrogens (primary N) is 1. The van der Waals surface area contributed by atoms with Gasteiger partial charge in [0.25, 0.3) is 0 Å². The normalized spacial score (nSPS) is 22.6. The molecule has 3 heteroatoms. The van der Waals surface area contributed by atoms with Crippen LogP contribution in [0.2, 0.25) is 0 Å². The van der Waals surface area contributed by atoms with Crippen LogP contribution in [0, 0.1) is 12.8 Å². The van der Waals surface area contributed by atoms with Crippen LogP contribution in [0.5, 0.6) is 0 Å². The average molecular weight is 196 g/mol. The predicted molar refractivity (Wildman–Crippen MR) is 58.4 cm³/mol. The standard InChI is InChI=1S/C10H16N2S/c1-8-2-3-10(13-8)12-5-4-9(6-11)7-12/h2-3,9H,4-7,11H2,1H3. The number of aryl methyl sites for hydroxylation is 1. The maximum absolute atomic E-state index is 5.66. The molecule has 1 aromatic rings. The van der Waals surface area contributed by atoms with Crippen LogP contribution in [-0.4, -0.2) is 19.6 Å². The van der Waals surface area contributed by atoms with Gasteiger partial charge in [0.05, 0.1) is 5.00 Å². The van der Waals surface area contributed by atoms with Gasteiger partial charge in [-0.15, -0.1) is 11.3 Å². The van der Waals surface area contributed by atoms with Gasteiger partial charge >= 0.3 is 0 Å².